The quantitative estimate of drug-likeness (QED) is 0.218. The maximum atomic E-state index is 13.5. The summed E-state index contributed by atoms with van der Waals surface area (Å²) in [5.41, 5.74) is 12.5. The molecule has 0 amide bonds. The summed E-state index contributed by atoms with van der Waals surface area (Å²) in [5, 5.41) is 21.0. The van der Waals surface area contributed by atoms with E-state index in [9.17, 15) is 14.7 Å². The van der Waals surface area contributed by atoms with Crippen LogP contribution in [0.4, 0.5) is 0 Å². The molecule has 256 valence electrons. The molecule has 8 bridgehead atoms. The minimum Gasteiger partial charge on any atom is -0.468 e. The number of hydrogen-bond donors (Lipinski definition) is 5. The molecule has 2 aromatic rings. The largest absolute Gasteiger partial charge is 0.468 e. The highest BCUT2D eigenvalue weighted by atomic mass is 16.5. The second kappa shape index (κ2) is 13.0. The van der Waals surface area contributed by atoms with Crippen molar-refractivity contribution in [1.82, 2.24) is 20.6 Å². The van der Waals surface area contributed by atoms with Crippen LogP contribution in [0.5, 0.6) is 0 Å². The zero-order valence-electron chi connectivity index (χ0n) is 29.7. The predicted molar refractivity (Wildman–Crippen MR) is 187 cm³/mol. The summed E-state index contributed by atoms with van der Waals surface area (Å²) in [6.45, 7) is 17.1. The van der Waals surface area contributed by atoms with Gasteiger partial charge in [-0.3, -0.25) is 9.59 Å². The Balaban J connectivity index is 1.56. The molecule has 0 saturated carbocycles. The highest BCUT2D eigenvalue weighted by molar-refractivity contribution is 5.88. The van der Waals surface area contributed by atoms with E-state index in [-0.39, 0.29) is 42.8 Å². The number of esters is 2. The molecule has 0 aromatic carbocycles. The molecular weight excluding hydrogens is 604 g/mol. The van der Waals surface area contributed by atoms with Crippen molar-refractivity contribution >= 4 is 29.7 Å². The van der Waals surface area contributed by atoms with E-state index >= 15 is 0 Å². The number of H-pyrrole nitrogens is 2. The van der Waals surface area contributed by atoms with Crippen molar-refractivity contribution in [1.29, 1.82) is 0 Å². The first kappa shape index (κ1) is 33.7. The van der Waals surface area contributed by atoms with Crippen molar-refractivity contribution in [2.45, 2.75) is 86.8 Å². The van der Waals surface area contributed by atoms with E-state index in [1.54, 1.807) is 0 Å². The van der Waals surface area contributed by atoms with Crippen molar-refractivity contribution in [2.75, 3.05) is 13.7 Å². The number of carbonyl (C=O) groups is 2. The SMILES string of the molecule is CCc1c2[nH]c(c1C)/C=C1\NC(=C(C)[C@@H]1C)/C=C1\NC(C3=c4[nH]/c(c(C)c4[C@H](O)[C@@H]3C(=O)OC)=C\2)[C@@H](CCC(=O)OCC=C(C)C)[C@@H]1C. The maximum Gasteiger partial charge on any atom is 0.315 e. The number of aliphatic hydroxyl groups is 1. The Labute approximate surface area is 283 Å². The smallest absolute Gasteiger partial charge is 0.315 e. The van der Waals surface area contributed by atoms with Gasteiger partial charge < -0.3 is 35.2 Å². The fraction of sp³-hybridized carbons (Fsp3) is 0.487. The Bertz CT molecular complexity index is 1910. The summed E-state index contributed by atoms with van der Waals surface area (Å²) in [4.78, 5) is 33.7. The fourth-order valence-corrected chi connectivity index (χ4v) is 8.08. The number of fused-ring (bicyclic) bond motifs is 8. The van der Waals surface area contributed by atoms with Crippen molar-refractivity contribution < 1.29 is 24.2 Å². The number of aliphatic hydroxyl groups excluding tert-OH is 1. The molecule has 4 aliphatic rings. The molecule has 5 N–H and O–H groups in total. The first-order valence-corrected chi connectivity index (χ1v) is 17.2. The lowest BCUT2D eigenvalue weighted by atomic mass is 9.80. The Hall–Kier alpha value is -4.24. The van der Waals surface area contributed by atoms with Gasteiger partial charge in [0.05, 0.1) is 19.3 Å². The van der Waals surface area contributed by atoms with Crippen LogP contribution in [0.25, 0.3) is 17.7 Å². The van der Waals surface area contributed by atoms with Crippen molar-refractivity contribution in [3.63, 3.8) is 0 Å². The minimum absolute atomic E-state index is 0.0238. The molecule has 1 aliphatic carbocycles. The molecule has 3 aliphatic heterocycles. The van der Waals surface area contributed by atoms with Crippen LogP contribution < -0.4 is 21.3 Å². The average Bonchev–Trinajstić information content (AvgIpc) is 3.78. The van der Waals surface area contributed by atoms with E-state index < -0.39 is 18.0 Å². The lowest BCUT2D eigenvalue weighted by Gasteiger charge is -2.27. The molecule has 2 aromatic heterocycles. The van der Waals surface area contributed by atoms with Crippen LogP contribution in [0.15, 0.2) is 40.4 Å². The van der Waals surface area contributed by atoms with E-state index in [1.165, 1.54) is 23.8 Å². The number of methoxy groups -OCH3 is 1. The van der Waals surface area contributed by atoms with Crippen molar-refractivity contribution in [2.24, 2.45) is 23.7 Å². The minimum atomic E-state index is -1.07. The van der Waals surface area contributed by atoms with E-state index in [0.29, 0.717) is 6.42 Å². The molecule has 0 spiro atoms. The fourth-order valence-electron chi connectivity index (χ4n) is 8.08. The molecule has 6 atom stereocenters. The summed E-state index contributed by atoms with van der Waals surface area (Å²) in [6, 6.07) is -0.337. The number of aromatic nitrogens is 2. The van der Waals surface area contributed by atoms with Crippen LogP contribution in [0.3, 0.4) is 0 Å². The Kier molecular flexibility index (Phi) is 9.11. The van der Waals surface area contributed by atoms with Gasteiger partial charge in [-0.25, -0.2) is 0 Å². The Morgan fingerprint density at radius 2 is 1.75 bits per heavy atom. The van der Waals surface area contributed by atoms with E-state index in [2.05, 4.69) is 73.4 Å². The molecule has 6 rings (SSSR count). The third-order valence-corrected chi connectivity index (χ3v) is 11.2. The monoisotopic (exact) mass is 654 g/mol. The molecule has 5 heterocycles. The van der Waals surface area contributed by atoms with Crippen LogP contribution in [0, 0.1) is 37.5 Å². The number of nitrogens with one attached hydrogen (secondary N) is 4. The highest BCUT2D eigenvalue weighted by Gasteiger charge is 2.49. The molecule has 1 unspecified atom stereocenters. The lowest BCUT2D eigenvalue weighted by Crippen LogP contribution is -2.37. The number of hydrogen-bond acceptors (Lipinski definition) is 7. The standard InChI is InChI=1S/C39H50N4O5/c1-10-24-21(6)28-15-26-19(4)20(5)27(40-26)16-29-22(7)25(11-12-32(44)48-14-13-18(2)3)36(42-29)34-35(39(46)47-9)38(45)33-23(8)30(43-37(33)34)17-31(24)41-28/h13,15-17,19,22,25,35-36,38,40-43,45H,10-12,14H2,1-9H3/b26-15-,29-16-,30-17-/t19-,22-,25-,35+,36?,38-/m0/s1. The molecule has 0 radical (unpaired) electrons. The topological polar surface area (TPSA) is 128 Å². The van der Waals surface area contributed by atoms with Crippen molar-refractivity contribution in [3.05, 3.63) is 84.7 Å². The molecule has 1 fully saturated rings. The average molecular weight is 655 g/mol. The normalized spacial score (nSPS) is 28.5. The van der Waals surface area contributed by atoms with E-state index in [0.717, 1.165) is 67.9 Å². The Morgan fingerprint density at radius 3 is 2.44 bits per heavy atom. The van der Waals surface area contributed by atoms with Crippen LogP contribution in [-0.4, -0.2) is 46.8 Å². The summed E-state index contributed by atoms with van der Waals surface area (Å²) in [6.07, 6.45) is 9.01. The zero-order chi connectivity index (χ0) is 34.6. The van der Waals surface area contributed by atoms with Gasteiger partial charge in [-0.1, -0.05) is 26.3 Å². The molecule has 48 heavy (non-hydrogen) atoms. The predicted octanol–water partition coefficient (Wildman–Crippen LogP) is 4.60. The van der Waals surface area contributed by atoms with Crippen LogP contribution in [0.1, 0.15) is 94.1 Å². The van der Waals surface area contributed by atoms with Gasteiger partial charge in [0.1, 0.15) is 12.5 Å². The second-order valence-corrected chi connectivity index (χ2v) is 14.1. The van der Waals surface area contributed by atoms with Gasteiger partial charge in [-0.05, 0) is 106 Å². The first-order chi connectivity index (χ1) is 22.9. The van der Waals surface area contributed by atoms with Crippen LogP contribution >= 0.6 is 0 Å². The number of carbonyl (C=O) groups excluding carboxylic acids is 2. The number of aromatic amines is 2. The van der Waals surface area contributed by atoms with Crippen LogP contribution in [-0.2, 0) is 25.5 Å². The van der Waals surface area contributed by atoms with Gasteiger partial charge >= 0.3 is 11.9 Å². The molecule has 1 saturated heterocycles. The molecule has 9 nitrogen and oxygen atoms in total. The molecule has 9 heteroatoms. The number of allylic oxidation sites excluding steroid dienone is 4. The first-order valence-electron chi connectivity index (χ1n) is 17.2. The summed E-state index contributed by atoms with van der Waals surface area (Å²) in [7, 11) is 1.37. The van der Waals surface area contributed by atoms with Gasteiger partial charge in [-0.2, -0.15) is 0 Å². The van der Waals surface area contributed by atoms with Gasteiger partial charge in [0.25, 0.3) is 0 Å². The van der Waals surface area contributed by atoms with Gasteiger partial charge in [0.2, 0.25) is 0 Å². The third-order valence-electron chi connectivity index (χ3n) is 11.2. The lowest BCUT2D eigenvalue weighted by molar-refractivity contribution is -0.147. The summed E-state index contributed by atoms with van der Waals surface area (Å²) >= 11 is 0. The van der Waals surface area contributed by atoms with Gasteiger partial charge in [0, 0.05) is 63.0 Å². The van der Waals surface area contributed by atoms with E-state index in [4.69, 9.17) is 9.47 Å². The maximum absolute atomic E-state index is 13.5. The highest BCUT2D eigenvalue weighted by Crippen LogP contribution is 2.45. The number of rotatable bonds is 7. The van der Waals surface area contributed by atoms with E-state index in [1.807, 2.05) is 26.8 Å². The summed E-state index contributed by atoms with van der Waals surface area (Å²) in [5.74, 6) is -1.46. The van der Waals surface area contributed by atoms with Gasteiger partial charge in [-0.15, -0.1) is 0 Å². The molecular formula is C39H50N4O5. The summed E-state index contributed by atoms with van der Waals surface area (Å²) < 4.78 is 10.8. The third kappa shape index (κ3) is 5.66. The van der Waals surface area contributed by atoms with Crippen molar-refractivity contribution in [3.8, 4) is 0 Å². The zero-order valence-corrected chi connectivity index (χ0v) is 29.7. The Morgan fingerprint density at radius 1 is 1.00 bits per heavy atom. The number of ether oxygens (including phenoxy) is 2. The van der Waals surface area contributed by atoms with Gasteiger partial charge in [0.15, 0.2) is 0 Å². The van der Waals surface area contributed by atoms with Crippen LogP contribution in [0.2, 0.25) is 0 Å². The second-order valence-electron chi connectivity index (χ2n) is 14.1.